The highest BCUT2D eigenvalue weighted by molar-refractivity contribution is 5.88. The molecule has 1 atom stereocenters. The topological polar surface area (TPSA) is 46.0 Å². The number of nitrogens with one attached hydrogen (secondary N) is 1. The Morgan fingerprint density at radius 3 is 2.43 bits per heavy atom. The molecule has 3 heterocycles. The zero-order chi connectivity index (χ0) is 26.2. The van der Waals surface area contributed by atoms with Gasteiger partial charge in [-0.05, 0) is 74.0 Å². The molecule has 1 saturated heterocycles. The quantitative estimate of drug-likeness (QED) is 0.300. The zero-order valence-electron chi connectivity index (χ0n) is 22.4. The van der Waals surface area contributed by atoms with Crippen molar-refractivity contribution < 1.29 is 4.39 Å². The number of benzene rings is 2. The molecule has 2 aromatic carbocycles. The number of halogens is 1. The summed E-state index contributed by atoms with van der Waals surface area (Å²) in [5, 5.41) is 10.0. The van der Waals surface area contributed by atoms with Crippen molar-refractivity contribution in [1.29, 1.82) is 0 Å². The zero-order valence-corrected chi connectivity index (χ0v) is 22.4. The monoisotopic (exact) mass is 499 g/mol. The van der Waals surface area contributed by atoms with E-state index in [9.17, 15) is 4.39 Å². The molecule has 0 radical (unpaired) electrons. The van der Waals surface area contributed by atoms with E-state index in [2.05, 4.69) is 44.6 Å². The summed E-state index contributed by atoms with van der Waals surface area (Å²) in [6.07, 6.45) is 11.0. The van der Waals surface area contributed by atoms with Crippen LogP contribution in [0.5, 0.6) is 0 Å². The van der Waals surface area contributed by atoms with Gasteiger partial charge in [0.05, 0.1) is 11.9 Å². The highest BCUT2D eigenvalue weighted by Crippen LogP contribution is 2.29. The summed E-state index contributed by atoms with van der Waals surface area (Å²) in [6, 6.07) is 16.2. The lowest BCUT2D eigenvalue weighted by Crippen LogP contribution is -2.30. The number of hydrogen-bond donors (Lipinski definition) is 1. The Morgan fingerprint density at radius 2 is 1.76 bits per heavy atom. The molecule has 6 heteroatoms. The van der Waals surface area contributed by atoms with Gasteiger partial charge in [0, 0.05) is 37.8 Å². The second-order valence-corrected chi connectivity index (χ2v) is 9.63. The van der Waals surface area contributed by atoms with Gasteiger partial charge in [0.25, 0.3) is 0 Å². The summed E-state index contributed by atoms with van der Waals surface area (Å²) >= 11 is 0. The van der Waals surface area contributed by atoms with Gasteiger partial charge in [-0.15, -0.1) is 0 Å². The minimum absolute atomic E-state index is 0.739. The number of anilines is 1. The first-order valence-electron chi connectivity index (χ1n) is 13.2. The van der Waals surface area contributed by atoms with Crippen molar-refractivity contribution in [3.63, 3.8) is 0 Å². The summed E-state index contributed by atoms with van der Waals surface area (Å²) < 4.78 is 14.8. The first-order valence-corrected chi connectivity index (χ1v) is 13.2. The number of allylic oxidation sites excluding steroid dienone is 1. The van der Waals surface area contributed by atoms with E-state index in [1.54, 1.807) is 6.92 Å². The van der Waals surface area contributed by atoms with Crippen molar-refractivity contribution in [2.24, 2.45) is 7.05 Å². The maximum Gasteiger partial charge on any atom is 0.126 e. The Kier molecular flexibility index (Phi) is 9.07. The maximum absolute atomic E-state index is 12.7. The third-order valence-corrected chi connectivity index (χ3v) is 6.93. The minimum Gasteiger partial charge on any atom is -0.373 e. The molecule has 4 aromatic rings. The lowest BCUT2D eigenvalue weighted by atomic mass is 10.0. The van der Waals surface area contributed by atoms with Crippen LogP contribution in [-0.4, -0.2) is 39.8 Å². The van der Waals surface area contributed by atoms with E-state index < -0.39 is 6.17 Å². The maximum atomic E-state index is 12.7. The van der Waals surface area contributed by atoms with E-state index in [1.165, 1.54) is 54.6 Å². The first kappa shape index (κ1) is 26.6. The van der Waals surface area contributed by atoms with Gasteiger partial charge in [-0.25, -0.2) is 9.37 Å². The van der Waals surface area contributed by atoms with Crippen molar-refractivity contribution in [1.82, 2.24) is 19.7 Å². The number of piperidine rings is 1. The summed E-state index contributed by atoms with van der Waals surface area (Å²) in [4.78, 5) is 6.94. The average molecular weight is 500 g/mol. The van der Waals surface area contributed by atoms with Crippen molar-refractivity contribution >= 4 is 22.7 Å². The lowest BCUT2D eigenvalue weighted by molar-refractivity contribution is 0.216. The molecule has 0 spiro atoms. The standard InChI is InChI=1S/C20H25N5.C11H13F/c1-21-20-11-17-10-15(6-7-16(17)12-22-20)18-13-23-24(2)19(18)14-25-8-4-3-5-9-25;1-3-4-10-5-7-11(8-6-10)9(2)12/h6-7,10-13H,3-5,8-9,14H2,1-2H3,(H,21,22);3-9H,1-2H3/b;4-3-. The van der Waals surface area contributed by atoms with Crippen LogP contribution in [0.4, 0.5) is 10.2 Å². The molecule has 2 aromatic heterocycles. The van der Waals surface area contributed by atoms with E-state index in [0.717, 1.165) is 28.9 Å². The Labute approximate surface area is 220 Å². The normalized spacial score (nSPS) is 14.9. The molecule has 5 rings (SSSR count). The van der Waals surface area contributed by atoms with Crippen LogP contribution in [0, 0.1) is 0 Å². The van der Waals surface area contributed by atoms with Crippen molar-refractivity contribution in [3.8, 4) is 11.1 Å². The van der Waals surface area contributed by atoms with Crippen LogP contribution in [-0.2, 0) is 13.6 Å². The number of hydrogen-bond acceptors (Lipinski definition) is 4. The second-order valence-electron chi connectivity index (χ2n) is 9.63. The second kappa shape index (κ2) is 12.6. The Hall–Kier alpha value is -3.51. The van der Waals surface area contributed by atoms with E-state index in [0.29, 0.717) is 0 Å². The molecule has 37 heavy (non-hydrogen) atoms. The van der Waals surface area contributed by atoms with E-state index in [4.69, 9.17) is 0 Å². The van der Waals surface area contributed by atoms with Gasteiger partial charge in [0.15, 0.2) is 0 Å². The third kappa shape index (κ3) is 6.83. The van der Waals surface area contributed by atoms with Crippen LogP contribution < -0.4 is 5.32 Å². The van der Waals surface area contributed by atoms with Crippen molar-refractivity contribution in [2.75, 3.05) is 25.5 Å². The van der Waals surface area contributed by atoms with Gasteiger partial charge in [-0.1, -0.05) is 55.0 Å². The number of pyridine rings is 1. The number of fused-ring (bicyclic) bond motifs is 1. The molecule has 1 unspecified atom stereocenters. The van der Waals surface area contributed by atoms with Crippen LogP contribution in [0.1, 0.15) is 56.1 Å². The van der Waals surface area contributed by atoms with Crippen molar-refractivity contribution in [2.45, 2.75) is 45.8 Å². The van der Waals surface area contributed by atoms with Crippen LogP contribution in [0.15, 0.2) is 67.0 Å². The predicted molar refractivity (Wildman–Crippen MR) is 153 cm³/mol. The van der Waals surface area contributed by atoms with Crippen molar-refractivity contribution in [3.05, 3.63) is 83.8 Å². The number of rotatable bonds is 6. The third-order valence-electron chi connectivity index (χ3n) is 6.93. The fourth-order valence-electron chi connectivity index (χ4n) is 4.73. The summed E-state index contributed by atoms with van der Waals surface area (Å²) in [7, 11) is 3.95. The SMILES string of the molecule is C/C=C\c1ccc(C(C)F)cc1.CNc1cc2cc(-c3cnn(C)c3CN3CCCCC3)ccc2cn1. The molecule has 0 aliphatic carbocycles. The average Bonchev–Trinajstić information content (AvgIpc) is 3.29. The van der Waals surface area contributed by atoms with Crippen LogP contribution in [0.25, 0.3) is 28.0 Å². The lowest BCUT2D eigenvalue weighted by Gasteiger charge is -2.26. The summed E-state index contributed by atoms with van der Waals surface area (Å²) in [5.41, 5.74) is 5.60. The Balaban J connectivity index is 0.000000225. The fourth-order valence-corrected chi connectivity index (χ4v) is 4.73. The summed E-state index contributed by atoms with van der Waals surface area (Å²) in [6.45, 7) is 6.87. The van der Waals surface area contributed by atoms with Gasteiger partial charge >= 0.3 is 0 Å². The molecule has 1 N–H and O–H groups in total. The fraction of sp³-hybridized carbons (Fsp3) is 0.355. The minimum atomic E-state index is -0.871. The molecule has 1 aliphatic rings. The number of alkyl halides is 1. The van der Waals surface area contributed by atoms with E-state index >= 15 is 0 Å². The van der Waals surface area contributed by atoms with Gasteiger partial charge in [-0.2, -0.15) is 5.10 Å². The first-order chi connectivity index (χ1) is 18.0. The largest absolute Gasteiger partial charge is 0.373 e. The molecule has 0 saturated carbocycles. The molecule has 0 amide bonds. The van der Waals surface area contributed by atoms with Gasteiger partial charge in [0.1, 0.15) is 12.0 Å². The van der Waals surface area contributed by atoms with Crippen LogP contribution >= 0.6 is 0 Å². The van der Waals surface area contributed by atoms with Gasteiger partial charge < -0.3 is 5.32 Å². The number of aromatic nitrogens is 3. The Bertz CT molecular complexity index is 1320. The van der Waals surface area contributed by atoms with Crippen LogP contribution in [0.3, 0.4) is 0 Å². The summed E-state index contributed by atoms with van der Waals surface area (Å²) in [5.74, 6) is 0.893. The van der Waals surface area contributed by atoms with Gasteiger partial charge in [0.2, 0.25) is 0 Å². The van der Waals surface area contributed by atoms with Crippen LogP contribution in [0.2, 0.25) is 0 Å². The van der Waals surface area contributed by atoms with Gasteiger partial charge in [-0.3, -0.25) is 9.58 Å². The molecule has 194 valence electrons. The molecular weight excluding hydrogens is 461 g/mol. The number of aryl methyl sites for hydroxylation is 1. The molecule has 1 aliphatic heterocycles. The molecular formula is C31H38FN5. The Morgan fingerprint density at radius 1 is 1.00 bits per heavy atom. The number of likely N-dealkylation sites (tertiary alicyclic amines) is 1. The molecule has 0 bridgehead atoms. The predicted octanol–water partition coefficient (Wildman–Crippen LogP) is 7.41. The molecule has 1 fully saturated rings. The number of nitrogens with zero attached hydrogens (tertiary/aromatic N) is 4. The highest BCUT2D eigenvalue weighted by atomic mass is 19.1. The molecule has 5 nitrogen and oxygen atoms in total. The highest BCUT2D eigenvalue weighted by Gasteiger charge is 2.17. The van der Waals surface area contributed by atoms with E-state index in [-0.39, 0.29) is 0 Å². The smallest absolute Gasteiger partial charge is 0.126 e. The van der Waals surface area contributed by atoms with E-state index in [1.807, 2.05) is 74.5 Å².